The van der Waals surface area contributed by atoms with Crippen LogP contribution in [0.25, 0.3) is 0 Å². The highest BCUT2D eigenvalue weighted by atomic mass is 19.4. The molecule has 0 radical (unpaired) electrons. The molecule has 33 heavy (non-hydrogen) atoms. The van der Waals surface area contributed by atoms with Crippen molar-refractivity contribution in [3.63, 3.8) is 0 Å². The molecule has 2 N–H and O–H groups in total. The van der Waals surface area contributed by atoms with Crippen LogP contribution >= 0.6 is 0 Å². The maximum absolute atomic E-state index is 13.0. The number of likely N-dealkylation sites (tertiary alicyclic amines) is 1. The van der Waals surface area contributed by atoms with E-state index in [-0.39, 0.29) is 23.9 Å². The summed E-state index contributed by atoms with van der Waals surface area (Å²) in [4.78, 5) is 14.8. The van der Waals surface area contributed by atoms with E-state index < -0.39 is 23.2 Å². The van der Waals surface area contributed by atoms with Crippen molar-refractivity contribution in [2.24, 2.45) is 5.73 Å². The molecule has 2 fully saturated rings. The molecule has 1 amide bonds. The molecule has 2 saturated heterocycles. The molecule has 3 unspecified atom stereocenters. The van der Waals surface area contributed by atoms with Crippen LogP contribution in [0.3, 0.4) is 0 Å². The lowest BCUT2D eigenvalue weighted by atomic mass is 9.79. The highest BCUT2D eigenvalue weighted by Crippen LogP contribution is 2.39. The molecule has 2 aromatic rings. The number of hydrogen-bond donors (Lipinski definition) is 1. The summed E-state index contributed by atoms with van der Waals surface area (Å²) in [5.41, 5.74) is 5.47. The molecule has 2 aromatic carbocycles. The summed E-state index contributed by atoms with van der Waals surface area (Å²) in [6.45, 7) is 3.51. The normalized spacial score (nSPS) is 27.3. The van der Waals surface area contributed by atoms with E-state index in [9.17, 15) is 18.0 Å². The van der Waals surface area contributed by atoms with Gasteiger partial charge < -0.3 is 15.2 Å². The van der Waals surface area contributed by atoms with Crippen LogP contribution < -0.4 is 10.5 Å². The van der Waals surface area contributed by atoms with Gasteiger partial charge in [0.2, 0.25) is 5.91 Å². The standard InChI is InChI=1S/C25H29F3N2O3/c1-17(18-6-3-2-4-7-18)22-15-24(23(29)31,11-13-32-22)30-12-10-21(16-30)33-20-9-5-8-19(14-20)25(26,27)28/h2-9,14,17,21-22H,10-13,15-16H2,1H3,(H2,29,31)/t17-,21?,22?,24?/m0/s1. The zero-order valence-electron chi connectivity index (χ0n) is 18.6. The fourth-order valence-electron chi connectivity index (χ4n) is 4.98. The van der Waals surface area contributed by atoms with Crippen LogP contribution in [0, 0.1) is 0 Å². The third-order valence-corrected chi connectivity index (χ3v) is 6.94. The second-order valence-electron chi connectivity index (χ2n) is 8.96. The lowest BCUT2D eigenvalue weighted by Crippen LogP contribution is -2.61. The van der Waals surface area contributed by atoms with Gasteiger partial charge >= 0.3 is 6.18 Å². The first kappa shape index (κ1) is 23.6. The monoisotopic (exact) mass is 462 g/mol. The molecule has 0 bridgehead atoms. The zero-order chi connectivity index (χ0) is 23.6. The van der Waals surface area contributed by atoms with E-state index in [0.29, 0.717) is 39.0 Å². The van der Waals surface area contributed by atoms with Crippen molar-refractivity contribution < 1.29 is 27.4 Å². The highest BCUT2D eigenvalue weighted by Gasteiger charge is 2.50. The molecule has 0 aromatic heterocycles. The third-order valence-electron chi connectivity index (χ3n) is 6.94. The van der Waals surface area contributed by atoms with E-state index in [1.165, 1.54) is 12.1 Å². The van der Waals surface area contributed by atoms with Gasteiger partial charge in [0.1, 0.15) is 17.4 Å². The number of nitrogens with zero attached hydrogens (tertiary/aromatic N) is 1. The summed E-state index contributed by atoms with van der Waals surface area (Å²) in [7, 11) is 0. The van der Waals surface area contributed by atoms with Crippen LogP contribution in [0.4, 0.5) is 13.2 Å². The minimum Gasteiger partial charge on any atom is -0.489 e. The predicted octanol–water partition coefficient (Wildman–Crippen LogP) is 4.37. The summed E-state index contributed by atoms with van der Waals surface area (Å²) >= 11 is 0. The Labute approximate surface area is 191 Å². The van der Waals surface area contributed by atoms with Crippen molar-refractivity contribution in [3.05, 3.63) is 65.7 Å². The Kier molecular flexibility index (Phi) is 6.68. The number of nitrogens with two attached hydrogens (primary N) is 1. The van der Waals surface area contributed by atoms with Gasteiger partial charge in [0.05, 0.1) is 11.7 Å². The van der Waals surface area contributed by atoms with E-state index in [1.807, 2.05) is 35.2 Å². The Morgan fingerprint density at radius 1 is 1.21 bits per heavy atom. The minimum atomic E-state index is -4.43. The van der Waals surface area contributed by atoms with Crippen molar-refractivity contribution in [1.29, 1.82) is 0 Å². The summed E-state index contributed by atoms with van der Waals surface area (Å²) in [6, 6.07) is 14.9. The van der Waals surface area contributed by atoms with Gasteiger partial charge in [-0.1, -0.05) is 43.3 Å². The molecule has 8 heteroatoms. The van der Waals surface area contributed by atoms with Gasteiger partial charge in [0, 0.05) is 32.0 Å². The Bertz CT molecular complexity index is 969. The Hall–Kier alpha value is -2.58. The van der Waals surface area contributed by atoms with Crippen molar-refractivity contribution in [2.45, 2.75) is 56.0 Å². The first-order valence-corrected chi connectivity index (χ1v) is 11.2. The topological polar surface area (TPSA) is 64.8 Å². The first-order chi connectivity index (χ1) is 15.7. The fraction of sp³-hybridized carbons (Fsp3) is 0.480. The number of rotatable bonds is 6. The first-order valence-electron chi connectivity index (χ1n) is 11.2. The van der Waals surface area contributed by atoms with Crippen LogP contribution in [0.1, 0.15) is 43.2 Å². The molecular weight excluding hydrogens is 433 g/mol. The van der Waals surface area contributed by atoms with Crippen LogP contribution in [-0.2, 0) is 15.7 Å². The maximum atomic E-state index is 13.0. The number of primary amides is 1. The summed E-state index contributed by atoms with van der Waals surface area (Å²) in [6.07, 6.45) is -3.37. The molecule has 0 aliphatic carbocycles. The number of ether oxygens (including phenoxy) is 2. The highest BCUT2D eigenvalue weighted by molar-refractivity contribution is 5.85. The average Bonchev–Trinajstić information content (AvgIpc) is 3.27. The van der Waals surface area contributed by atoms with Crippen molar-refractivity contribution in [3.8, 4) is 5.75 Å². The molecule has 2 heterocycles. The molecule has 2 aliphatic rings. The second-order valence-corrected chi connectivity index (χ2v) is 8.96. The van der Waals surface area contributed by atoms with Crippen LogP contribution in [0.5, 0.6) is 5.75 Å². The number of amides is 1. The maximum Gasteiger partial charge on any atom is 0.416 e. The SMILES string of the molecule is C[C@@H](c1ccccc1)C1CC(C(N)=O)(N2CCC(Oc3cccc(C(F)(F)F)c3)C2)CCO1. The van der Waals surface area contributed by atoms with Crippen LogP contribution in [0.15, 0.2) is 54.6 Å². The molecular formula is C25H29F3N2O3. The summed E-state index contributed by atoms with van der Waals surface area (Å²) < 4.78 is 51.0. The number of alkyl halides is 3. The average molecular weight is 463 g/mol. The second kappa shape index (κ2) is 9.35. The van der Waals surface area contributed by atoms with E-state index in [1.54, 1.807) is 0 Å². The van der Waals surface area contributed by atoms with Crippen molar-refractivity contribution in [2.75, 3.05) is 19.7 Å². The fourth-order valence-corrected chi connectivity index (χ4v) is 4.98. The van der Waals surface area contributed by atoms with Crippen LogP contribution in [-0.4, -0.2) is 48.3 Å². The number of halogens is 3. The Morgan fingerprint density at radius 2 is 1.97 bits per heavy atom. The number of benzene rings is 2. The third kappa shape index (κ3) is 5.01. The van der Waals surface area contributed by atoms with Gasteiger partial charge in [0.25, 0.3) is 0 Å². The smallest absolute Gasteiger partial charge is 0.416 e. The predicted molar refractivity (Wildman–Crippen MR) is 118 cm³/mol. The van der Waals surface area contributed by atoms with Crippen molar-refractivity contribution in [1.82, 2.24) is 4.90 Å². The molecule has 0 saturated carbocycles. The molecule has 4 atom stereocenters. The minimum absolute atomic E-state index is 0.0879. The van der Waals surface area contributed by atoms with Gasteiger partial charge in [-0.3, -0.25) is 9.69 Å². The summed E-state index contributed by atoms with van der Waals surface area (Å²) in [5.74, 6) is -0.131. The van der Waals surface area contributed by atoms with Gasteiger partial charge in [0.15, 0.2) is 0 Å². The number of carbonyl (C=O) groups is 1. The van der Waals surface area contributed by atoms with Crippen molar-refractivity contribution >= 4 is 5.91 Å². The van der Waals surface area contributed by atoms with E-state index in [0.717, 1.165) is 17.7 Å². The van der Waals surface area contributed by atoms with Gasteiger partial charge in [-0.25, -0.2) is 0 Å². The Morgan fingerprint density at radius 3 is 2.67 bits per heavy atom. The van der Waals surface area contributed by atoms with E-state index >= 15 is 0 Å². The van der Waals surface area contributed by atoms with Gasteiger partial charge in [-0.15, -0.1) is 0 Å². The lowest BCUT2D eigenvalue weighted by Gasteiger charge is -2.46. The van der Waals surface area contributed by atoms with Crippen LogP contribution in [0.2, 0.25) is 0 Å². The molecule has 5 nitrogen and oxygen atoms in total. The lowest BCUT2D eigenvalue weighted by molar-refractivity contribution is -0.142. The van der Waals surface area contributed by atoms with E-state index in [4.69, 9.17) is 15.2 Å². The quantitative estimate of drug-likeness (QED) is 0.693. The number of hydrogen-bond acceptors (Lipinski definition) is 4. The zero-order valence-corrected chi connectivity index (χ0v) is 18.6. The molecule has 178 valence electrons. The summed E-state index contributed by atoms with van der Waals surface area (Å²) in [5, 5.41) is 0. The largest absolute Gasteiger partial charge is 0.489 e. The number of carbonyl (C=O) groups excluding carboxylic acids is 1. The molecule has 0 spiro atoms. The molecule has 2 aliphatic heterocycles. The Balaban J connectivity index is 1.47. The van der Waals surface area contributed by atoms with Gasteiger partial charge in [-0.05, 0) is 36.6 Å². The van der Waals surface area contributed by atoms with E-state index in [2.05, 4.69) is 6.92 Å². The molecule has 4 rings (SSSR count). The van der Waals surface area contributed by atoms with Gasteiger partial charge in [-0.2, -0.15) is 13.2 Å².